The zero-order valence-electron chi connectivity index (χ0n) is 10.8. The second-order valence-electron chi connectivity index (χ2n) is 4.68. The van der Waals surface area contributed by atoms with Gasteiger partial charge in [-0.15, -0.1) is 11.3 Å². The molecule has 1 atom stereocenters. The molecular formula is C12H19N3O2S. The molecule has 0 aliphatic carbocycles. The van der Waals surface area contributed by atoms with Gasteiger partial charge >= 0.3 is 5.97 Å². The van der Waals surface area contributed by atoms with Crippen LogP contribution in [0.5, 0.6) is 0 Å². The van der Waals surface area contributed by atoms with Gasteiger partial charge in [-0.2, -0.15) is 0 Å². The first kappa shape index (κ1) is 13.3. The third-order valence-corrected chi connectivity index (χ3v) is 3.96. The van der Waals surface area contributed by atoms with Gasteiger partial charge in [-0.05, 0) is 32.4 Å². The molecule has 1 N–H and O–H groups in total. The number of esters is 1. The summed E-state index contributed by atoms with van der Waals surface area (Å²) in [5.41, 5.74) is 0.380. The largest absolute Gasteiger partial charge is 0.464 e. The molecule has 6 heteroatoms. The molecule has 1 aromatic heterocycles. The molecule has 1 unspecified atom stereocenters. The first-order valence-electron chi connectivity index (χ1n) is 6.15. The van der Waals surface area contributed by atoms with Crippen LogP contribution < -0.4 is 5.32 Å². The maximum Gasteiger partial charge on any atom is 0.357 e. The highest BCUT2D eigenvalue weighted by Crippen LogP contribution is 2.19. The SMILES string of the molecule is COC(=O)c1csc(NCC2CCCN(C)C2)n1. The number of rotatable bonds is 4. The van der Waals surface area contributed by atoms with Crippen LogP contribution in [0.25, 0.3) is 0 Å². The third kappa shape index (κ3) is 3.43. The van der Waals surface area contributed by atoms with Gasteiger partial charge in [-0.25, -0.2) is 9.78 Å². The Morgan fingerprint density at radius 2 is 2.56 bits per heavy atom. The van der Waals surface area contributed by atoms with E-state index in [1.165, 1.54) is 37.8 Å². The van der Waals surface area contributed by atoms with Crippen LogP contribution in [0.3, 0.4) is 0 Å². The number of ether oxygens (including phenoxy) is 1. The third-order valence-electron chi connectivity index (χ3n) is 3.16. The first-order valence-corrected chi connectivity index (χ1v) is 7.03. The fourth-order valence-corrected chi connectivity index (χ4v) is 2.91. The lowest BCUT2D eigenvalue weighted by Gasteiger charge is -2.29. The second-order valence-corrected chi connectivity index (χ2v) is 5.54. The van der Waals surface area contributed by atoms with E-state index >= 15 is 0 Å². The van der Waals surface area contributed by atoms with Crippen LogP contribution in [-0.2, 0) is 4.74 Å². The quantitative estimate of drug-likeness (QED) is 0.843. The number of thiazole rings is 1. The summed E-state index contributed by atoms with van der Waals surface area (Å²) in [4.78, 5) is 17.8. The maximum absolute atomic E-state index is 11.3. The number of methoxy groups -OCH3 is 1. The van der Waals surface area contributed by atoms with Crippen molar-refractivity contribution in [2.24, 2.45) is 5.92 Å². The van der Waals surface area contributed by atoms with Crippen molar-refractivity contribution in [3.05, 3.63) is 11.1 Å². The Morgan fingerprint density at radius 1 is 1.72 bits per heavy atom. The van der Waals surface area contributed by atoms with Crippen LogP contribution in [0.2, 0.25) is 0 Å². The molecule has 1 saturated heterocycles. The molecule has 0 saturated carbocycles. The number of nitrogens with zero attached hydrogens (tertiary/aromatic N) is 2. The van der Waals surface area contributed by atoms with Gasteiger partial charge in [-0.3, -0.25) is 0 Å². The Kier molecular flexibility index (Phi) is 4.54. The average Bonchev–Trinajstić information content (AvgIpc) is 2.84. The standard InChI is InChI=1S/C12H19N3O2S/c1-15-5-3-4-9(7-15)6-13-12-14-10(8-18-12)11(16)17-2/h8-9H,3-7H2,1-2H3,(H,13,14). The van der Waals surface area contributed by atoms with Crippen molar-refractivity contribution in [3.63, 3.8) is 0 Å². The van der Waals surface area contributed by atoms with E-state index in [-0.39, 0.29) is 5.97 Å². The molecule has 0 bridgehead atoms. The Hall–Kier alpha value is -1.14. The Labute approximate surface area is 111 Å². The summed E-state index contributed by atoms with van der Waals surface area (Å²) >= 11 is 1.45. The predicted molar refractivity (Wildman–Crippen MR) is 72.2 cm³/mol. The first-order chi connectivity index (χ1) is 8.69. The summed E-state index contributed by atoms with van der Waals surface area (Å²) in [5.74, 6) is 0.283. The van der Waals surface area contributed by atoms with E-state index in [0.717, 1.165) is 18.2 Å². The van der Waals surface area contributed by atoms with Gasteiger partial charge in [0, 0.05) is 18.5 Å². The van der Waals surface area contributed by atoms with Gasteiger partial charge < -0.3 is 15.0 Å². The van der Waals surface area contributed by atoms with E-state index in [0.29, 0.717) is 11.6 Å². The lowest BCUT2D eigenvalue weighted by Crippen LogP contribution is -2.35. The number of carbonyl (C=O) groups is 1. The molecule has 5 nitrogen and oxygen atoms in total. The fraction of sp³-hybridized carbons (Fsp3) is 0.667. The number of carbonyl (C=O) groups excluding carboxylic acids is 1. The molecule has 1 fully saturated rings. The molecule has 1 aliphatic rings. The molecule has 100 valence electrons. The number of aromatic nitrogens is 1. The summed E-state index contributed by atoms with van der Waals surface area (Å²) in [7, 11) is 3.53. The van der Waals surface area contributed by atoms with Crippen LogP contribution in [0.1, 0.15) is 23.3 Å². The fourth-order valence-electron chi connectivity index (χ4n) is 2.22. The molecule has 2 heterocycles. The Balaban J connectivity index is 1.82. The van der Waals surface area contributed by atoms with Crippen molar-refractivity contribution >= 4 is 22.4 Å². The zero-order chi connectivity index (χ0) is 13.0. The second kappa shape index (κ2) is 6.15. The Bertz CT molecular complexity index is 408. The number of anilines is 1. The van der Waals surface area contributed by atoms with Gasteiger partial charge in [0.25, 0.3) is 0 Å². The van der Waals surface area contributed by atoms with Gasteiger partial charge in [0.1, 0.15) is 0 Å². The van der Waals surface area contributed by atoms with E-state index in [4.69, 9.17) is 0 Å². The monoisotopic (exact) mass is 269 g/mol. The van der Waals surface area contributed by atoms with E-state index in [2.05, 4.69) is 27.0 Å². The number of likely N-dealkylation sites (tertiary alicyclic amines) is 1. The number of hydrogen-bond acceptors (Lipinski definition) is 6. The number of hydrogen-bond donors (Lipinski definition) is 1. The molecule has 0 amide bonds. The van der Waals surface area contributed by atoms with Crippen LogP contribution in [0, 0.1) is 5.92 Å². The van der Waals surface area contributed by atoms with Gasteiger partial charge in [-0.1, -0.05) is 0 Å². The van der Waals surface area contributed by atoms with E-state index in [1.807, 2.05) is 0 Å². The summed E-state index contributed by atoms with van der Waals surface area (Å²) in [6.07, 6.45) is 2.51. The number of piperidine rings is 1. The molecule has 0 spiro atoms. The summed E-state index contributed by atoms with van der Waals surface area (Å²) in [5, 5.41) is 5.83. The summed E-state index contributed by atoms with van der Waals surface area (Å²) in [6.45, 7) is 3.24. The van der Waals surface area contributed by atoms with Gasteiger partial charge in [0.2, 0.25) is 0 Å². The predicted octanol–water partition coefficient (Wildman–Crippen LogP) is 1.68. The van der Waals surface area contributed by atoms with Gasteiger partial charge in [0.05, 0.1) is 7.11 Å². The van der Waals surface area contributed by atoms with Gasteiger partial charge in [0.15, 0.2) is 10.8 Å². The minimum absolute atomic E-state index is 0.378. The highest BCUT2D eigenvalue weighted by atomic mass is 32.1. The maximum atomic E-state index is 11.3. The van der Waals surface area contributed by atoms with E-state index < -0.39 is 0 Å². The van der Waals surface area contributed by atoms with Crippen LogP contribution in [-0.4, -0.2) is 49.6 Å². The molecule has 18 heavy (non-hydrogen) atoms. The summed E-state index contributed by atoms with van der Waals surface area (Å²) < 4.78 is 4.63. The zero-order valence-corrected chi connectivity index (χ0v) is 11.6. The molecule has 2 rings (SSSR count). The Morgan fingerprint density at radius 3 is 3.28 bits per heavy atom. The highest BCUT2D eigenvalue weighted by Gasteiger charge is 2.17. The van der Waals surface area contributed by atoms with E-state index in [9.17, 15) is 4.79 Å². The lowest BCUT2D eigenvalue weighted by molar-refractivity contribution is 0.0595. The van der Waals surface area contributed by atoms with Crippen LogP contribution in [0.4, 0.5) is 5.13 Å². The van der Waals surface area contributed by atoms with Crippen LogP contribution in [0.15, 0.2) is 5.38 Å². The molecule has 1 aliphatic heterocycles. The smallest absolute Gasteiger partial charge is 0.357 e. The van der Waals surface area contributed by atoms with E-state index in [1.54, 1.807) is 5.38 Å². The molecule has 1 aromatic rings. The van der Waals surface area contributed by atoms with Crippen molar-refractivity contribution in [3.8, 4) is 0 Å². The lowest BCUT2D eigenvalue weighted by atomic mass is 9.99. The van der Waals surface area contributed by atoms with Crippen molar-refractivity contribution in [1.29, 1.82) is 0 Å². The van der Waals surface area contributed by atoms with Crippen molar-refractivity contribution in [2.45, 2.75) is 12.8 Å². The van der Waals surface area contributed by atoms with Crippen LogP contribution >= 0.6 is 11.3 Å². The highest BCUT2D eigenvalue weighted by molar-refractivity contribution is 7.13. The molecule has 0 aromatic carbocycles. The minimum atomic E-state index is -0.378. The number of nitrogens with one attached hydrogen (secondary N) is 1. The molecule has 0 radical (unpaired) electrons. The van der Waals surface area contributed by atoms with Crippen molar-refractivity contribution < 1.29 is 9.53 Å². The summed E-state index contributed by atoms with van der Waals surface area (Å²) in [6, 6.07) is 0. The average molecular weight is 269 g/mol. The van der Waals surface area contributed by atoms with Crippen molar-refractivity contribution in [1.82, 2.24) is 9.88 Å². The molecular weight excluding hydrogens is 250 g/mol. The minimum Gasteiger partial charge on any atom is -0.464 e. The topological polar surface area (TPSA) is 54.5 Å². The van der Waals surface area contributed by atoms with Crippen molar-refractivity contribution in [2.75, 3.05) is 39.1 Å². The normalized spacial score (nSPS) is 20.7.